The second-order valence-corrected chi connectivity index (χ2v) is 12.2. The molecular formula is C35H37N5O6S. The minimum absolute atomic E-state index is 0.153. The average Bonchev–Trinajstić information content (AvgIpc) is 3.69. The van der Waals surface area contributed by atoms with E-state index in [0.29, 0.717) is 22.7 Å². The molecule has 12 heteroatoms. The predicted molar refractivity (Wildman–Crippen MR) is 179 cm³/mol. The molecule has 1 amide bonds. The van der Waals surface area contributed by atoms with Crippen molar-refractivity contribution in [1.82, 2.24) is 19.5 Å². The lowest BCUT2D eigenvalue weighted by molar-refractivity contribution is -0.118. The molecule has 4 atom stereocenters. The fourth-order valence-electron chi connectivity index (χ4n) is 6.27. The van der Waals surface area contributed by atoms with Crippen molar-refractivity contribution < 1.29 is 29.2 Å². The fourth-order valence-corrected chi connectivity index (χ4v) is 6.52. The Morgan fingerprint density at radius 1 is 1.00 bits per heavy atom. The van der Waals surface area contributed by atoms with E-state index in [1.54, 1.807) is 39.0 Å². The lowest BCUT2D eigenvalue weighted by Crippen LogP contribution is -2.51. The molecule has 1 saturated heterocycles. The molecule has 1 aliphatic heterocycles. The topological polar surface area (TPSA) is 144 Å². The van der Waals surface area contributed by atoms with E-state index in [9.17, 15) is 15.0 Å². The van der Waals surface area contributed by atoms with Gasteiger partial charge in [-0.2, -0.15) is 0 Å². The number of anilines is 1. The quantitative estimate of drug-likeness (QED) is 0.119. The van der Waals surface area contributed by atoms with Crippen molar-refractivity contribution in [2.45, 2.75) is 50.2 Å². The molecule has 0 aliphatic carbocycles. The van der Waals surface area contributed by atoms with Gasteiger partial charge in [0.05, 0.1) is 32.1 Å². The van der Waals surface area contributed by atoms with E-state index < -0.39 is 30.0 Å². The second kappa shape index (κ2) is 13.2. The first-order valence-corrected chi connectivity index (χ1v) is 15.7. The van der Waals surface area contributed by atoms with Crippen LogP contribution in [0, 0.1) is 10.6 Å². The van der Waals surface area contributed by atoms with Crippen LogP contribution in [0.5, 0.6) is 11.5 Å². The molecule has 2 aromatic heterocycles. The molecule has 6 rings (SSSR count). The first kappa shape index (κ1) is 32.3. The summed E-state index contributed by atoms with van der Waals surface area (Å²) in [6, 6.07) is 24.7. The van der Waals surface area contributed by atoms with Crippen molar-refractivity contribution >= 4 is 35.2 Å². The fraction of sp³-hybridized carbons (Fsp3) is 0.314. The first-order valence-electron chi connectivity index (χ1n) is 15.3. The minimum atomic E-state index is -1.28. The lowest BCUT2D eigenvalue weighted by atomic mass is 9.64. The zero-order valence-electron chi connectivity index (χ0n) is 26.5. The maximum atomic E-state index is 12.7. The Morgan fingerprint density at radius 3 is 2.13 bits per heavy atom. The van der Waals surface area contributed by atoms with Crippen molar-refractivity contribution in [3.8, 4) is 11.5 Å². The highest BCUT2D eigenvalue weighted by atomic mass is 32.1. The van der Waals surface area contributed by atoms with Crippen molar-refractivity contribution in [2.75, 3.05) is 19.5 Å². The molecule has 1 fully saturated rings. The molecule has 4 N–H and O–H groups in total. The Kier molecular flexibility index (Phi) is 9.11. The standard InChI is InChI=1S/C35H37N5O6S/c1-20(2)32(43)38-34-37-31-28(33(47)39-34)36-19-40(31)27-18-26(41)29(46-27)30(42)35(21-8-6-5-7-9-21,22-10-14-24(44-3)15-11-22)23-12-16-25(45-4)17-13-23/h5-17,19-20,26-27,29-30,41-42H,18H2,1-4H3,(H2,37,38,39,43,47)/t26-,27+,29-,30?/m0/s1. The number of fused-ring (bicyclic) bond motifs is 1. The van der Waals surface area contributed by atoms with Gasteiger partial charge in [0.1, 0.15) is 41.1 Å². The number of benzene rings is 3. The van der Waals surface area contributed by atoms with Crippen molar-refractivity contribution in [3.63, 3.8) is 0 Å². The van der Waals surface area contributed by atoms with Gasteiger partial charge in [0.25, 0.3) is 0 Å². The number of rotatable bonds is 10. The zero-order valence-corrected chi connectivity index (χ0v) is 27.3. The number of methoxy groups -OCH3 is 2. The van der Waals surface area contributed by atoms with Gasteiger partial charge in [0.2, 0.25) is 11.9 Å². The smallest absolute Gasteiger partial charge is 0.229 e. The summed E-state index contributed by atoms with van der Waals surface area (Å²) < 4.78 is 19.4. The van der Waals surface area contributed by atoms with Crippen LogP contribution in [0.3, 0.4) is 0 Å². The highest BCUT2D eigenvalue weighted by molar-refractivity contribution is 7.71. The van der Waals surface area contributed by atoms with E-state index in [1.807, 2.05) is 78.9 Å². The molecule has 0 saturated carbocycles. The highest BCUT2D eigenvalue weighted by Gasteiger charge is 2.52. The SMILES string of the molecule is COc1ccc(C(c2ccccc2)(c2ccc(OC)cc2)C(O)[C@H]2O[C@@H](n3cnc4c(=S)nc(NC(=O)C(C)C)[nH]c43)C[C@@H]2O)cc1. The molecule has 244 valence electrons. The van der Waals surface area contributed by atoms with Crippen LogP contribution >= 0.6 is 12.2 Å². The van der Waals surface area contributed by atoms with Crippen LogP contribution in [0.2, 0.25) is 0 Å². The number of carbonyl (C=O) groups is 1. The van der Waals surface area contributed by atoms with Crippen LogP contribution in [0.4, 0.5) is 5.95 Å². The van der Waals surface area contributed by atoms with E-state index in [4.69, 9.17) is 26.4 Å². The number of hydrogen-bond acceptors (Lipinski definition) is 9. The molecule has 3 heterocycles. The number of nitrogens with zero attached hydrogens (tertiary/aromatic N) is 3. The number of aromatic amines is 1. The average molecular weight is 656 g/mol. The zero-order chi connectivity index (χ0) is 33.3. The molecule has 3 aromatic carbocycles. The summed E-state index contributed by atoms with van der Waals surface area (Å²) >= 11 is 5.48. The Labute approximate surface area is 277 Å². The number of amides is 1. The van der Waals surface area contributed by atoms with Gasteiger partial charge in [-0.3, -0.25) is 14.7 Å². The maximum absolute atomic E-state index is 12.7. The first-order chi connectivity index (χ1) is 22.7. The number of ether oxygens (including phenoxy) is 3. The van der Waals surface area contributed by atoms with E-state index in [0.717, 1.165) is 16.7 Å². The van der Waals surface area contributed by atoms with Crippen molar-refractivity contribution in [3.05, 3.63) is 107 Å². The maximum Gasteiger partial charge on any atom is 0.229 e. The minimum Gasteiger partial charge on any atom is -0.497 e. The van der Waals surface area contributed by atoms with Gasteiger partial charge in [0, 0.05) is 12.3 Å². The van der Waals surface area contributed by atoms with E-state index >= 15 is 0 Å². The molecule has 5 aromatic rings. The van der Waals surface area contributed by atoms with E-state index in [-0.39, 0.29) is 28.8 Å². The normalized spacial score (nSPS) is 18.7. The summed E-state index contributed by atoms with van der Waals surface area (Å²) in [6.07, 6.45) is -2.39. The molecule has 0 spiro atoms. The summed E-state index contributed by atoms with van der Waals surface area (Å²) in [5.74, 6) is 1.02. The van der Waals surface area contributed by atoms with Crippen LogP contribution in [-0.2, 0) is 14.9 Å². The summed E-state index contributed by atoms with van der Waals surface area (Å²) in [5, 5.41) is 27.0. The number of aromatic nitrogens is 4. The third kappa shape index (κ3) is 5.89. The number of imidazole rings is 1. The number of hydrogen-bond donors (Lipinski definition) is 4. The van der Waals surface area contributed by atoms with Crippen LogP contribution in [0.15, 0.2) is 85.2 Å². The number of nitrogens with one attached hydrogen (secondary N) is 2. The summed E-state index contributed by atoms with van der Waals surface area (Å²) in [7, 11) is 3.20. The molecule has 1 unspecified atom stereocenters. The molecule has 11 nitrogen and oxygen atoms in total. The van der Waals surface area contributed by atoms with Gasteiger partial charge >= 0.3 is 0 Å². The van der Waals surface area contributed by atoms with Gasteiger partial charge in [0.15, 0.2) is 4.64 Å². The molecule has 47 heavy (non-hydrogen) atoms. The molecule has 0 radical (unpaired) electrons. The van der Waals surface area contributed by atoms with Crippen LogP contribution in [0.1, 0.15) is 43.2 Å². The van der Waals surface area contributed by atoms with Gasteiger partial charge < -0.3 is 29.4 Å². The highest BCUT2D eigenvalue weighted by Crippen LogP contribution is 2.47. The summed E-state index contributed by atoms with van der Waals surface area (Å²) in [5.41, 5.74) is 2.05. The van der Waals surface area contributed by atoms with Crippen LogP contribution in [-0.4, -0.2) is 68.2 Å². The third-order valence-corrected chi connectivity index (χ3v) is 9.02. The molecular weight excluding hydrogens is 618 g/mol. The monoisotopic (exact) mass is 655 g/mol. The van der Waals surface area contributed by atoms with Crippen LogP contribution in [0.25, 0.3) is 11.2 Å². The van der Waals surface area contributed by atoms with Crippen LogP contribution < -0.4 is 14.8 Å². The van der Waals surface area contributed by atoms with Gasteiger partial charge in [-0.25, -0.2) is 9.97 Å². The summed E-state index contributed by atoms with van der Waals surface area (Å²) in [6.45, 7) is 3.55. The Balaban J connectivity index is 1.45. The Morgan fingerprint density at radius 2 is 1.57 bits per heavy atom. The van der Waals surface area contributed by atoms with E-state index in [2.05, 4.69) is 20.3 Å². The Bertz CT molecular complexity index is 1860. The largest absolute Gasteiger partial charge is 0.497 e. The van der Waals surface area contributed by atoms with E-state index in [1.165, 1.54) is 0 Å². The van der Waals surface area contributed by atoms with Crippen molar-refractivity contribution in [2.24, 2.45) is 5.92 Å². The van der Waals surface area contributed by atoms with Gasteiger partial charge in [-0.15, -0.1) is 0 Å². The second-order valence-electron chi connectivity index (χ2n) is 11.8. The number of aliphatic hydroxyl groups excluding tert-OH is 2. The number of carbonyl (C=O) groups excluding carboxylic acids is 1. The predicted octanol–water partition coefficient (Wildman–Crippen LogP) is 5.14. The molecule has 1 aliphatic rings. The van der Waals surface area contributed by atoms with Crippen molar-refractivity contribution in [1.29, 1.82) is 0 Å². The number of H-pyrrole nitrogens is 1. The van der Waals surface area contributed by atoms with Gasteiger partial charge in [-0.1, -0.05) is 80.7 Å². The number of aliphatic hydroxyl groups is 2. The lowest BCUT2D eigenvalue weighted by Gasteiger charge is -2.43. The van der Waals surface area contributed by atoms with Gasteiger partial charge in [-0.05, 0) is 41.0 Å². The summed E-state index contributed by atoms with van der Waals surface area (Å²) in [4.78, 5) is 24.2. The third-order valence-electron chi connectivity index (χ3n) is 8.73. The molecule has 0 bridgehead atoms. The Hall–Kier alpha value is -4.62.